The van der Waals surface area contributed by atoms with Crippen LogP contribution in [0.25, 0.3) is 0 Å². The minimum absolute atomic E-state index is 0. The number of carbonyl (C=O) groups excluding carboxylic acids is 15. The minimum Gasteiger partial charge on any atom is -0.748 e. The van der Waals surface area contributed by atoms with Crippen molar-refractivity contribution < 1.29 is 175 Å². The van der Waals surface area contributed by atoms with Crippen LogP contribution in [0.3, 0.4) is 0 Å². The van der Waals surface area contributed by atoms with Crippen LogP contribution in [0.4, 0.5) is 0 Å². The number of nitrogens with one attached hydrogen (secondary N) is 6. The van der Waals surface area contributed by atoms with Crippen molar-refractivity contribution in [1.82, 2.24) is 77.5 Å². The average Bonchev–Trinajstić information content (AvgIpc) is 0.972. The Labute approximate surface area is 792 Å². The summed E-state index contributed by atoms with van der Waals surface area (Å²) in [6.07, 6.45) is 19.3. The summed E-state index contributed by atoms with van der Waals surface area (Å²) < 4.78 is 81.7. The Kier molecular flexibility index (Phi) is 92.3. The van der Waals surface area contributed by atoms with Gasteiger partial charge in [0.15, 0.2) is 0 Å². The van der Waals surface area contributed by atoms with Gasteiger partial charge >= 0.3 is 17.1 Å². The van der Waals surface area contributed by atoms with E-state index in [1.54, 1.807) is 0 Å². The Hall–Kier alpha value is -8.18. The smallest absolute Gasteiger partial charge is 0.748 e. The molecule has 0 saturated carbocycles. The van der Waals surface area contributed by atoms with Crippen molar-refractivity contribution >= 4 is 119 Å². The number of unbranched alkanes of at least 4 members (excludes halogenated alkanes) is 18. The second-order valence-corrected chi connectivity index (χ2v) is 34.4. The van der Waals surface area contributed by atoms with Gasteiger partial charge in [0.05, 0.1) is 30.4 Å². The first-order valence-electron chi connectivity index (χ1n) is 44.0. The molecular weight excluding hydrogens is 1870 g/mol. The second-order valence-electron chi connectivity index (χ2n) is 30.2. The van der Waals surface area contributed by atoms with Crippen molar-refractivity contribution in [3.05, 3.63) is 0 Å². The Morgan fingerprint density at radius 2 is 0.331 bits per heavy atom. The van der Waals surface area contributed by atoms with Crippen molar-refractivity contribution in [2.45, 2.75) is 271 Å². The van der Waals surface area contributed by atoms with Gasteiger partial charge < -0.3 is 62.8 Å². The summed E-state index contributed by atoms with van der Waals surface area (Å²) in [5.41, 5.74) is 16.2. The molecule has 0 aromatic carbocycles. The quantitative estimate of drug-likeness (QED) is 0.0128. The van der Waals surface area contributed by atoms with Gasteiger partial charge in [-0.25, -0.2) is 70.8 Å². The van der Waals surface area contributed by atoms with Crippen molar-refractivity contribution in [2.24, 2.45) is 17.2 Å². The van der Waals surface area contributed by atoms with Gasteiger partial charge in [0, 0.05) is 215 Å². The average molecular weight is 2020 g/mol. The van der Waals surface area contributed by atoms with E-state index in [0.717, 1.165) is 57.8 Å². The minimum atomic E-state index is -3.92. The number of amides is 15. The predicted molar refractivity (Wildman–Crippen MR) is 471 cm³/mol. The molecule has 0 bridgehead atoms. The van der Waals surface area contributed by atoms with Crippen molar-refractivity contribution in [1.29, 1.82) is 0 Å². The summed E-state index contributed by atoms with van der Waals surface area (Å²) >= 11 is 0. The monoisotopic (exact) mass is 2020 g/mol. The van der Waals surface area contributed by atoms with Gasteiger partial charge in [-0.1, -0.05) is 19.3 Å². The third-order valence-corrected chi connectivity index (χ3v) is 17.6. The van der Waals surface area contributed by atoms with E-state index in [1.807, 2.05) is 0 Å². The van der Waals surface area contributed by atoms with Crippen LogP contribution < -0.4 is 49.1 Å². The Morgan fingerprint density at radius 3 is 0.444 bits per heavy atom. The topological polar surface area (TPSA) is 789 Å². The van der Waals surface area contributed by atoms with Gasteiger partial charge in [0.1, 0.15) is 0 Å². The van der Waals surface area contributed by atoms with E-state index in [4.69, 9.17) is 56.1 Å². The van der Waals surface area contributed by atoms with Crippen LogP contribution in [0, 0.1) is 0 Å². The standard InChI is InChI=1S/3C25H48N6O8.3CH4O3S.Fe/c3*1-21(32)29(37)18-9-3-6-16-27-22(33)12-14-25(36)31(39)20-10-4-7-17-28-23(34)11-13-24(35)30(38)19-8-2-5-15-26;3*1-5(2,3)4;/h3*37-39H,2-20,26H2,1H3,(H,27,33)(H,28,34);3*1H3,(H,2,3,4);/q;;;;;;+3/p-3. The largest absolute Gasteiger partial charge is 3.00 e. The molecular formula is C78H153FeN18O33S3. The molecule has 779 valence electrons. The van der Waals surface area contributed by atoms with Gasteiger partial charge in [-0.15, -0.1) is 0 Å². The van der Waals surface area contributed by atoms with Crippen LogP contribution >= 0.6 is 0 Å². The van der Waals surface area contributed by atoms with Gasteiger partial charge in [0.2, 0.25) is 88.6 Å². The summed E-state index contributed by atoms with van der Waals surface area (Å²) in [5, 5.41) is 108. The van der Waals surface area contributed by atoms with E-state index >= 15 is 0 Å². The Morgan fingerprint density at radius 1 is 0.218 bits per heavy atom. The van der Waals surface area contributed by atoms with Gasteiger partial charge in [-0.2, -0.15) is 0 Å². The van der Waals surface area contributed by atoms with E-state index in [1.165, 1.54) is 20.8 Å². The molecule has 55 heteroatoms. The third kappa shape index (κ3) is 109. The van der Waals surface area contributed by atoms with Crippen LogP contribution in [-0.2, 0) is 119 Å². The molecule has 1 radical (unpaired) electrons. The summed E-state index contributed by atoms with van der Waals surface area (Å²) in [6.45, 7) is 9.66. The van der Waals surface area contributed by atoms with Gasteiger partial charge in [-0.05, 0) is 174 Å². The first-order valence-corrected chi connectivity index (χ1v) is 49.5. The summed E-state index contributed by atoms with van der Waals surface area (Å²) in [5.74, 6) is -6.16. The maximum Gasteiger partial charge on any atom is 3.00 e. The summed E-state index contributed by atoms with van der Waals surface area (Å²) in [6, 6.07) is 0. The molecule has 133 heavy (non-hydrogen) atoms. The third-order valence-electron chi connectivity index (χ3n) is 17.6. The van der Waals surface area contributed by atoms with Crippen LogP contribution in [0.1, 0.15) is 271 Å². The number of hydrogen-bond donors (Lipinski definition) is 18. The first kappa shape index (κ1) is 138. The Bertz CT molecular complexity index is 3200. The van der Waals surface area contributed by atoms with Crippen molar-refractivity contribution in [3.63, 3.8) is 0 Å². The van der Waals surface area contributed by atoms with Crippen LogP contribution in [-0.4, -0.2) is 357 Å². The predicted octanol–water partition coefficient (Wildman–Crippen LogP) is 0.248. The molecule has 0 spiro atoms. The molecule has 0 saturated heterocycles. The SMILES string of the molecule is CC(=O)N(O)CCCCCNC(=O)CCC(=O)N(O)CCCCCNC(=O)CCC(=O)N(O)CCCCCN.CC(=O)N(O)CCCCCNC(=O)CCC(=O)N(O)CCCCCNC(=O)CCC(=O)N(O)CCCCCN.CC(=O)N(O)CCCCCNC(=O)CCC(=O)N(O)CCCCCNC(=O)CCC(=O)N(O)CCCCCN.CS(=O)(=O)[O-].CS(=O)(=O)[O-].CS(=O)(=O)[O-].[Fe+3]. The number of rotatable bonds is 69. The van der Waals surface area contributed by atoms with Crippen LogP contribution in [0.2, 0.25) is 0 Å². The van der Waals surface area contributed by atoms with Gasteiger partial charge in [-0.3, -0.25) is 119 Å². The second kappa shape index (κ2) is 89.1. The zero-order chi connectivity index (χ0) is 102. The van der Waals surface area contributed by atoms with E-state index < -0.39 is 83.5 Å². The molecule has 0 heterocycles. The molecule has 0 aliphatic carbocycles. The van der Waals surface area contributed by atoms with E-state index in [9.17, 15) is 119 Å². The maximum atomic E-state index is 12.0. The fraction of sp³-hybridized carbons (Fsp3) is 0.808. The number of carbonyl (C=O) groups is 15. The molecule has 0 aliphatic heterocycles. The maximum absolute atomic E-state index is 12.0. The summed E-state index contributed by atoms with van der Waals surface area (Å²) in [4.78, 5) is 175. The van der Waals surface area contributed by atoms with Crippen molar-refractivity contribution in [2.75, 3.05) is 137 Å². The van der Waals surface area contributed by atoms with Crippen molar-refractivity contribution in [3.8, 4) is 0 Å². The van der Waals surface area contributed by atoms with Gasteiger partial charge in [0.25, 0.3) is 0 Å². The molecule has 0 atom stereocenters. The molecule has 0 rings (SSSR count). The van der Waals surface area contributed by atoms with E-state index in [2.05, 4.69) is 31.9 Å². The molecule has 21 N–H and O–H groups in total. The fourth-order valence-electron chi connectivity index (χ4n) is 10.3. The molecule has 51 nitrogen and oxygen atoms in total. The van der Waals surface area contributed by atoms with Crippen LogP contribution in [0.5, 0.6) is 0 Å². The number of hydrogen-bond acceptors (Lipinski definition) is 36. The first-order chi connectivity index (χ1) is 61.7. The molecule has 0 aromatic heterocycles. The zero-order valence-electron chi connectivity index (χ0n) is 78.0. The Balaban J connectivity index is -0.000000329. The van der Waals surface area contributed by atoms with Crippen LogP contribution in [0.15, 0.2) is 0 Å². The zero-order valence-corrected chi connectivity index (χ0v) is 81.5. The molecule has 0 aliphatic rings. The van der Waals surface area contributed by atoms with E-state index in [-0.39, 0.29) is 188 Å². The summed E-state index contributed by atoms with van der Waals surface area (Å²) in [7, 11) is -11.8. The molecule has 0 unspecified atom stereocenters. The molecule has 0 aromatic rings. The van der Waals surface area contributed by atoms with E-state index in [0.29, 0.717) is 239 Å². The number of nitrogens with zero attached hydrogens (tertiary/aromatic N) is 9. The number of nitrogens with two attached hydrogens (primary N) is 3. The normalized spacial score (nSPS) is 10.6. The fourth-order valence-corrected chi connectivity index (χ4v) is 10.3. The number of hydroxylamine groups is 18. The molecule has 15 amide bonds. The molecule has 0 fully saturated rings.